The van der Waals surface area contributed by atoms with Crippen LogP contribution in [0.4, 0.5) is 0 Å². The van der Waals surface area contributed by atoms with E-state index in [1.54, 1.807) is 10.9 Å². The van der Waals surface area contributed by atoms with E-state index in [1.165, 1.54) is 18.4 Å². The highest BCUT2D eigenvalue weighted by molar-refractivity contribution is 7.07. The van der Waals surface area contributed by atoms with Crippen LogP contribution in [0, 0.1) is 0 Å². The van der Waals surface area contributed by atoms with Gasteiger partial charge in [0, 0.05) is 23.4 Å². The molecule has 1 atom stereocenters. The summed E-state index contributed by atoms with van der Waals surface area (Å²) in [5.74, 6) is -0.410. The maximum Gasteiger partial charge on any atom is 0.329 e. The minimum absolute atomic E-state index is 0.272. The Hall–Kier alpha value is -1.63. The second-order valence-corrected chi connectivity index (χ2v) is 3.50. The third kappa shape index (κ3) is 3.50. The van der Waals surface area contributed by atoms with Crippen LogP contribution < -0.4 is 5.32 Å². The van der Waals surface area contributed by atoms with Gasteiger partial charge in [0.1, 0.15) is 6.04 Å². The lowest BCUT2D eigenvalue weighted by atomic mass is 10.2. The molecule has 86 valence electrons. The van der Waals surface area contributed by atoms with Crippen molar-refractivity contribution in [1.82, 2.24) is 10.3 Å². The van der Waals surface area contributed by atoms with Crippen LogP contribution in [-0.4, -0.2) is 31.2 Å². The lowest BCUT2D eigenvalue weighted by Crippen LogP contribution is -2.31. The Morgan fingerprint density at radius 3 is 3.25 bits per heavy atom. The number of ether oxygens (including phenoxy) is 1. The largest absolute Gasteiger partial charge is 0.468 e. The predicted molar refractivity (Wildman–Crippen MR) is 58.9 cm³/mol. The van der Waals surface area contributed by atoms with Gasteiger partial charge in [0.05, 0.1) is 18.3 Å². The average molecular weight is 241 g/mol. The molecule has 1 aromatic rings. The summed E-state index contributed by atoms with van der Waals surface area (Å²) in [5.41, 5.74) is 10.3. The molecule has 8 heteroatoms. The summed E-state index contributed by atoms with van der Waals surface area (Å²) < 4.78 is 4.65. The van der Waals surface area contributed by atoms with Gasteiger partial charge in [0.15, 0.2) is 0 Å². The SMILES string of the molecule is COC(=O)C(NCCN=[N+]=[N-])c1cscn1. The van der Waals surface area contributed by atoms with Gasteiger partial charge in [-0.05, 0) is 5.53 Å². The van der Waals surface area contributed by atoms with E-state index in [4.69, 9.17) is 5.53 Å². The molecular weight excluding hydrogens is 230 g/mol. The highest BCUT2D eigenvalue weighted by atomic mass is 32.1. The third-order valence-electron chi connectivity index (χ3n) is 1.81. The lowest BCUT2D eigenvalue weighted by molar-refractivity contribution is -0.143. The number of aromatic nitrogens is 1. The Morgan fingerprint density at radius 2 is 2.69 bits per heavy atom. The molecule has 0 saturated carbocycles. The van der Waals surface area contributed by atoms with E-state index in [0.717, 1.165) is 0 Å². The molecule has 7 nitrogen and oxygen atoms in total. The van der Waals surface area contributed by atoms with Crippen molar-refractivity contribution < 1.29 is 9.53 Å². The number of carbonyl (C=O) groups is 1. The fourth-order valence-corrected chi connectivity index (χ4v) is 1.67. The number of esters is 1. The number of nitrogens with zero attached hydrogens (tertiary/aromatic N) is 4. The fraction of sp³-hybridized carbons (Fsp3) is 0.500. The molecule has 0 aromatic carbocycles. The molecule has 0 spiro atoms. The molecule has 0 saturated heterocycles. The highest BCUT2D eigenvalue weighted by Crippen LogP contribution is 2.13. The Labute approximate surface area is 96.1 Å². The minimum Gasteiger partial charge on any atom is -0.468 e. The molecule has 1 rings (SSSR count). The summed E-state index contributed by atoms with van der Waals surface area (Å²) in [7, 11) is 1.32. The topological polar surface area (TPSA) is 100.0 Å². The summed E-state index contributed by atoms with van der Waals surface area (Å²) in [6.45, 7) is 0.662. The number of rotatable bonds is 6. The van der Waals surface area contributed by atoms with Crippen LogP contribution in [0.15, 0.2) is 16.0 Å². The van der Waals surface area contributed by atoms with E-state index in [9.17, 15) is 4.79 Å². The van der Waals surface area contributed by atoms with Crippen molar-refractivity contribution in [1.29, 1.82) is 0 Å². The summed E-state index contributed by atoms with van der Waals surface area (Å²) in [5, 5.41) is 8.04. The molecule has 0 amide bonds. The zero-order valence-corrected chi connectivity index (χ0v) is 9.48. The number of methoxy groups -OCH3 is 1. The van der Waals surface area contributed by atoms with Crippen LogP contribution in [0.5, 0.6) is 0 Å². The molecule has 0 aliphatic carbocycles. The van der Waals surface area contributed by atoms with Crippen LogP contribution in [-0.2, 0) is 9.53 Å². The molecule has 1 unspecified atom stereocenters. The van der Waals surface area contributed by atoms with Gasteiger partial charge in [-0.2, -0.15) is 0 Å². The van der Waals surface area contributed by atoms with Crippen molar-refractivity contribution in [3.05, 3.63) is 27.0 Å². The first-order valence-corrected chi connectivity index (χ1v) is 5.44. The zero-order valence-electron chi connectivity index (χ0n) is 8.66. The summed E-state index contributed by atoms with van der Waals surface area (Å²) in [6.07, 6.45) is 0. The van der Waals surface area contributed by atoms with Crippen LogP contribution >= 0.6 is 11.3 Å². The first kappa shape index (κ1) is 12.4. The molecule has 0 bridgehead atoms. The molecule has 0 aliphatic rings. The van der Waals surface area contributed by atoms with E-state index in [0.29, 0.717) is 12.2 Å². The first-order valence-electron chi connectivity index (χ1n) is 4.49. The van der Waals surface area contributed by atoms with E-state index >= 15 is 0 Å². The quantitative estimate of drug-likeness (QED) is 0.266. The van der Waals surface area contributed by atoms with Gasteiger partial charge in [-0.25, -0.2) is 9.78 Å². The molecular formula is C8H11N5O2S. The highest BCUT2D eigenvalue weighted by Gasteiger charge is 2.21. The molecule has 1 heterocycles. The Kier molecular flexibility index (Phi) is 5.27. The van der Waals surface area contributed by atoms with Crippen molar-refractivity contribution >= 4 is 17.3 Å². The van der Waals surface area contributed by atoms with Crippen molar-refractivity contribution in [3.8, 4) is 0 Å². The maximum atomic E-state index is 11.5. The second kappa shape index (κ2) is 6.78. The Morgan fingerprint density at radius 1 is 1.88 bits per heavy atom. The third-order valence-corrected chi connectivity index (χ3v) is 2.41. The lowest BCUT2D eigenvalue weighted by Gasteiger charge is -2.13. The molecule has 1 aromatic heterocycles. The van der Waals surface area contributed by atoms with Gasteiger partial charge in [0.25, 0.3) is 0 Å². The molecule has 1 N–H and O–H groups in total. The predicted octanol–water partition coefficient (Wildman–Crippen LogP) is 1.26. The Bertz CT molecular complexity index is 374. The molecule has 0 fully saturated rings. The first-order chi connectivity index (χ1) is 7.79. The molecule has 0 radical (unpaired) electrons. The summed E-state index contributed by atoms with van der Waals surface area (Å²) in [6, 6.07) is -0.606. The van der Waals surface area contributed by atoms with Crippen molar-refractivity contribution in [2.45, 2.75) is 6.04 Å². The van der Waals surface area contributed by atoms with E-state index < -0.39 is 12.0 Å². The van der Waals surface area contributed by atoms with Gasteiger partial charge in [0.2, 0.25) is 0 Å². The van der Waals surface area contributed by atoms with E-state index in [-0.39, 0.29) is 6.54 Å². The van der Waals surface area contributed by atoms with Crippen molar-refractivity contribution in [2.24, 2.45) is 5.11 Å². The van der Waals surface area contributed by atoms with Crippen molar-refractivity contribution in [3.63, 3.8) is 0 Å². The fourth-order valence-electron chi connectivity index (χ4n) is 1.09. The number of hydrogen-bond acceptors (Lipinski definition) is 6. The smallest absolute Gasteiger partial charge is 0.329 e. The molecule has 0 aliphatic heterocycles. The van der Waals surface area contributed by atoms with Gasteiger partial charge in [-0.1, -0.05) is 5.11 Å². The number of nitrogens with one attached hydrogen (secondary N) is 1. The van der Waals surface area contributed by atoms with Gasteiger partial charge >= 0.3 is 5.97 Å². The Balaban J connectivity index is 2.58. The van der Waals surface area contributed by atoms with Crippen LogP contribution in [0.2, 0.25) is 0 Å². The van der Waals surface area contributed by atoms with Crippen LogP contribution in [0.1, 0.15) is 11.7 Å². The van der Waals surface area contributed by atoms with Gasteiger partial charge < -0.3 is 4.74 Å². The number of thiazole rings is 1. The van der Waals surface area contributed by atoms with Gasteiger partial charge in [-0.3, -0.25) is 5.32 Å². The van der Waals surface area contributed by atoms with Gasteiger partial charge in [-0.15, -0.1) is 11.3 Å². The normalized spacial score (nSPS) is 11.6. The standard InChI is InChI=1S/C8H11N5O2S/c1-15-8(14)7(6-4-16-5-11-6)10-2-3-12-13-9/h4-5,7,10H,2-3H2,1H3. The van der Waals surface area contributed by atoms with E-state index in [1.807, 2.05) is 0 Å². The van der Waals surface area contributed by atoms with Crippen molar-refractivity contribution in [2.75, 3.05) is 20.2 Å². The number of carbonyl (C=O) groups excluding carboxylic acids is 1. The second-order valence-electron chi connectivity index (χ2n) is 2.78. The summed E-state index contributed by atoms with van der Waals surface area (Å²) >= 11 is 1.40. The van der Waals surface area contributed by atoms with Crippen LogP contribution in [0.3, 0.4) is 0 Å². The molecule has 16 heavy (non-hydrogen) atoms. The maximum absolute atomic E-state index is 11.5. The zero-order chi connectivity index (χ0) is 11.8. The monoisotopic (exact) mass is 241 g/mol. The number of hydrogen-bond donors (Lipinski definition) is 1. The number of azide groups is 1. The minimum atomic E-state index is -0.606. The summed E-state index contributed by atoms with van der Waals surface area (Å²) in [4.78, 5) is 18.1. The average Bonchev–Trinajstić information content (AvgIpc) is 2.82. The van der Waals surface area contributed by atoms with E-state index in [2.05, 4.69) is 25.1 Å². The van der Waals surface area contributed by atoms with Crippen LogP contribution in [0.25, 0.3) is 10.4 Å².